The average molecular weight is 380 g/mol. The van der Waals surface area contributed by atoms with Crippen molar-refractivity contribution in [2.24, 2.45) is 5.10 Å². The maximum Gasteiger partial charge on any atom is 0.275 e. The van der Waals surface area contributed by atoms with E-state index in [0.717, 1.165) is 24.9 Å². The van der Waals surface area contributed by atoms with Crippen LogP contribution in [0.15, 0.2) is 47.6 Å². The number of hydrogen-bond donors (Lipinski definition) is 2. The van der Waals surface area contributed by atoms with E-state index >= 15 is 0 Å². The van der Waals surface area contributed by atoms with E-state index in [0.29, 0.717) is 5.92 Å². The Morgan fingerprint density at radius 2 is 2.07 bits per heavy atom. The fourth-order valence-corrected chi connectivity index (χ4v) is 4.13. The number of aromatic hydroxyl groups is 1. The third-order valence-electron chi connectivity index (χ3n) is 5.39. The second-order valence-corrected chi connectivity index (χ2v) is 8.10. The molecule has 2 aromatic carbocycles. The highest BCUT2D eigenvalue weighted by molar-refractivity contribution is 5.97. The molecule has 0 spiro atoms. The van der Waals surface area contributed by atoms with E-state index in [-0.39, 0.29) is 16.9 Å². The zero-order valence-electron chi connectivity index (χ0n) is 17.1. The fourth-order valence-electron chi connectivity index (χ4n) is 4.13. The summed E-state index contributed by atoms with van der Waals surface area (Å²) >= 11 is 0. The minimum absolute atomic E-state index is 0.0589. The zero-order valence-corrected chi connectivity index (χ0v) is 17.1. The molecule has 148 valence electrons. The molecule has 1 heterocycles. The predicted molar refractivity (Wildman–Crippen MR) is 114 cm³/mol. The Morgan fingerprint density at radius 3 is 2.79 bits per heavy atom. The number of nitrogens with one attached hydrogen (secondary N) is 1. The van der Waals surface area contributed by atoms with Crippen molar-refractivity contribution < 1.29 is 9.90 Å². The molecule has 0 saturated carbocycles. The summed E-state index contributed by atoms with van der Waals surface area (Å²) in [6, 6.07) is 12.8. The third kappa shape index (κ3) is 4.03. The molecular weight excluding hydrogens is 350 g/mol. The van der Waals surface area contributed by atoms with E-state index in [1.165, 1.54) is 17.3 Å². The van der Waals surface area contributed by atoms with Gasteiger partial charge in [-0.1, -0.05) is 32.0 Å². The number of phenolic OH excluding ortho intramolecular Hbond substituents is 1. The SMILES string of the molecule is CCCN1c2ccc(/C=N/NC(=O)c3ccccc3O)cc2C(C)CC1(C)C. The first-order chi connectivity index (χ1) is 13.3. The van der Waals surface area contributed by atoms with Crippen molar-refractivity contribution in [3.63, 3.8) is 0 Å². The molecule has 1 aliphatic heterocycles. The van der Waals surface area contributed by atoms with Crippen LogP contribution in [0.3, 0.4) is 0 Å². The summed E-state index contributed by atoms with van der Waals surface area (Å²) in [5.41, 5.74) is 6.39. The van der Waals surface area contributed by atoms with E-state index < -0.39 is 5.91 Å². The first-order valence-electron chi connectivity index (χ1n) is 9.86. The summed E-state index contributed by atoms with van der Waals surface area (Å²) in [7, 11) is 0. The van der Waals surface area contributed by atoms with Crippen LogP contribution in [0, 0.1) is 0 Å². The van der Waals surface area contributed by atoms with Crippen LogP contribution < -0.4 is 10.3 Å². The predicted octanol–water partition coefficient (Wildman–Crippen LogP) is 4.66. The van der Waals surface area contributed by atoms with Crippen LogP contribution in [0.25, 0.3) is 0 Å². The number of carbonyl (C=O) groups is 1. The minimum Gasteiger partial charge on any atom is -0.507 e. The lowest BCUT2D eigenvalue weighted by Gasteiger charge is -2.47. The lowest BCUT2D eigenvalue weighted by molar-refractivity contribution is 0.0952. The van der Waals surface area contributed by atoms with Crippen molar-refractivity contribution in [3.8, 4) is 5.75 Å². The summed E-state index contributed by atoms with van der Waals surface area (Å²) in [4.78, 5) is 14.6. The van der Waals surface area contributed by atoms with Gasteiger partial charge in [-0.25, -0.2) is 5.43 Å². The number of amides is 1. The molecule has 5 heteroatoms. The first-order valence-corrected chi connectivity index (χ1v) is 9.86. The Balaban J connectivity index is 1.78. The van der Waals surface area contributed by atoms with Crippen LogP contribution in [-0.2, 0) is 0 Å². The number of phenols is 1. The smallest absolute Gasteiger partial charge is 0.275 e. The van der Waals surface area contributed by atoms with Gasteiger partial charge in [0.15, 0.2) is 0 Å². The van der Waals surface area contributed by atoms with Crippen LogP contribution in [-0.4, -0.2) is 29.3 Å². The maximum absolute atomic E-state index is 12.1. The lowest BCUT2D eigenvalue weighted by Crippen LogP contribution is -2.48. The lowest BCUT2D eigenvalue weighted by atomic mass is 9.79. The molecule has 0 aromatic heterocycles. The third-order valence-corrected chi connectivity index (χ3v) is 5.39. The van der Waals surface area contributed by atoms with Crippen LogP contribution in [0.5, 0.6) is 5.75 Å². The zero-order chi connectivity index (χ0) is 20.3. The number of benzene rings is 2. The van der Waals surface area contributed by atoms with Gasteiger partial charge in [0.1, 0.15) is 5.75 Å². The van der Waals surface area contributed by atoms with E-state index in [2.05, 4.69) is 55.3 Å². The van der Waals surface area contributed by atoms with Crippen molar-refractivity contribution in [2.75, 3.05) is 11.4 Å². The van der Waals surface area contributed by atoms with Crippen LogP contribution in [0.1, 0.15) is 67.9 Å². The molecule has 0 saturated heterocycles. The van der Waals surface area contributed by atoms with Crippen molar-refractivity contribution in [1.82, 2.24) is 5.43 Å². The number of rotatable bonds is 5. The number of hydrogen-bond acceptors (Lipinski definition) is 4. The molecule has 0 aliphatic carbocycles. The highest BCUT2D eigenvalue weighted by Gasteiger charge is 2.35. The molecule has 2 aromatic rings. The molecule has 3 rings (SSSR count). The number of fused-ring (bicyclic) bond motifs is 1. The summed E-state index contributed by atoms with van der Waals surface area (Å²) in [6.45, 7) is 10.1. The standard InChI is InChI=1S/C23H29N3O2/c1-5-12-26-20-11-10-17(13-19(20)16(2)14-23(26,3)4)15-24-25-22(28)18-8-6-7-9-21(18)27/h6-11,13,15-16,27H,5,12,14H2,1-4H3,(H,25,28)/b24-15+. The molecule has 1 aliphatic rings. The van der Waals surface area contributed by atoms with Gasteiger partial charge in [-0.2, -0.15) is 5.10 Å². The monoisotopic (exact) mass is 379 g/mol. The van der Waals surface area contributed by atoms with Gasteiger partial charge in [0, 0.05) is 17.8 Å². The topological polar surface area (TPSA) is 64.9 Å². The number of anilines is 1. The quantitative estimate of drug-likeness (QED) is 0.587. The van der Waals surface area contributed by atoms with Crippen LogP contribution >= 0.6 is 0 Å². The average Bonchev–Trinajstić information content (AvgIpc) is 2.65. The molecule has 2 N–H and O–H groups in total. The highest BCUT2D eigenvalue weighted by Crippen LogP contribution is 2.43. The Morgan fingerprint density at radius 1 is 1.32 bits per heavy atom. The molecule has 0 radical (unpaired) electrons. The Bertz CT molecular complexity index is 889. The van der Waals surface area contributed by atoms with Gasteiger partial charge in [0.2, 0.25) is 0 Å². The van der Waals surface area contributed by atoms with Gasteiger partial charge in [-0.05, 0) is 68.0 Å². The van der Waals surface area contributed by atoms with Gasteiger partial charge >= 0.3 is 0 Å². The van der Waals surface area contributed by atoms with Gasteiger partial charge < -0.3 is 10.0 Å². The molecule has 0 fully saturated rings. The molecule has 1 amide bonds. The summed E-state index contributed by atoms with van der Waals surface area (Å²) in [5, 5.41) is 13.8. The van der Waals surface area contributed by atoms with Crippen molar-refractivity contribution in [3.05, 3.63) is 59.2 Å². The van der Waals surface area contributed by atoms with E-state index in [1.807, 2.05) is 6.07 Å². The van der Waals surface area contributed by atoms with Crippen molar-refractivity contribution >= 4 is 17.8 Å². The second kappa shape index (κ2) is 8.05. The molecule has 1 atom stereocenters. The van der Waals surface area contributed by atoms with Gasteiger partial charge in [0.25, 0.3) is 5.91 Å². The number of carbonyl (C=O) groups excluding carboxylic acids is 1. The molecular formula is C23H29N3O2. The minimum atomic E-state index is -0.434. The molecule has 5 nitrogen and oxygen atoms in total. The van der Waals surface area contributed by atoms with E-state index in [1.54, 1.807) is 24.4 Å². The van der Waals surface area contributed by atoms with Crippen molar-refractivity contribution in [2.45, 2.75) is 52.0 Å². The second-order valence-electron chi connectivity index (χ2n) is 8.10. The number of nitrogens with zero attached hydrogens (tertiary/aromatic N) is 2. The van der Waals surface area contributed by atoms with Crippen LogP contribution in [0.2, 0.25) is 0 Å². The van der Waals surface area contributed by atoms with Crippen LogP contribution in [0.4, 0.5) is 5.69 Å². The molecule has 28 heavy (non-hydrogen) atoms. The summed E-state index contributed by atoms with van der Waals surface area (Å²) in [5.74, 6) is -0.0321. The molecule has 1 unspecified atom stereocenters. The summed E-state index contributed by atoms with van der Waals surface area (Å²) in [6.07, 6.45) is 3.86. The Hall–Kier alpha value is -2.82. The highest BCUT2D eigenvalue weighted by atomic mass is 16.3. The van der Waals surface area contributed by atoms with Crippen molar-refractivity contribution in [1.29, 1.82) is 0 Å². The van der Waals surface area contributed by atoms with Gasteiger partial charge in [-0.3, -0.25) is 4.79 Å². The van der Waals surface area contributed by atoms with E-state index in [9.17, 15) is 9.90 Å². The Kier molecular flexibility index (Phi) is 5.73. The first kappa shape index (κ1) is 19.9. The normalized spacial score (nSPS) is 18.1. The molecule has 0 bridgehead atoms. The van der Waals surface area contributed by atoms with Gasteiger partial charge in [-0.15, -0.1) is 0 Å². The van der Waals surface area contributed by atoms with Gasteiger partial charge in [0.05, 0.1) is 11.8 Å². The largest absolute Gasteiger partial charge is 0.507 e. The fraction of sp³-hybridized carbons (Fsp3) is 0.391. The maximum atomic E-state index is 12.1. The number of para-hydroxylation sites is 1. The Labute approximate surface area is 167 Å². The number of hydrazone groups is 1. The van der Waals surface area contributed by atoms with E-state index in [4.69, 9.17) is 0 Å². The summed E-state index contributed by atoms with van der Waals surface area (Å²) < 4.78 is 0.